The van der Waals surface area contributed by atoms with E-state index in [-0.39, 0.29) is 18.1 Å². The second-order valence-corrected chi connectivity index (χ2v) is 20.6. The van der Waals surface area contributed by atoms with Gasteiger partial charge in [-0.3, -0.25) is 0 Å². The molecule has 1 aromatic rings. The number of benzene rings is 1. The van der Waals surface area contributed by atoms with Crippen LogP contribution in [0.2, 0.25) is 16.6 Å². The molecule has 0 aromatic heterocycles. The molecule has 0 heterocycles. The number of rotatable bonds is 20. The van der Waals surface area contributed by atoms with Crippen LogP contribution in [0.3, 0.4) is 0 Å². The van der Waals surface area contributed by atoms with Gasteiger partial charge in [0.05, 0.1) is 33.0 Å². The topological polar surface area (TPSA) is 92.3 Å². The molecule has 266 valence electrons. The Morgan fingerprint density at radius 1 is 0.804 bits per heavy atom. The lowest BCUT2D eigenvalue weighted by Crippen LogP contribution is -2.54. The molecule has 0 saturated heterocycles. The van der Waals surface area contributed by atoms with Gasteiger partial charge < -0.3 is 28.7 Å². The minimum absolute atomic E-state index is 0.119. The summed E-state index contributed by atoms with van der Waals surface area (Å²) in [7, 11) is 0.747. The summed E-state index contributed by atoms with van der Waals surface area (Å²) in [5.74, 6) is 1.09. The predicted molar refractivity (Wildman–Crippen MR) is 190 cm³/mol. The van der Waals surface area contributed by atoms with Crippen molar-refractivity contribution < 1.29 is 33.0 Å². The summed E-state index contributed by atoms with van der Waals surface area (Å²) in [5, 5.41) is 2.74. The van der Waals surface area contributed by atoms with Gasteiger partial charge >= 0.3 is 12.1 Å². The first-order valence-electron chi connectivity index (χ1n) is 17.4. The standard InChI is InChI=1S/C37H67NO7Si/c1-25(2)18-21-31(16-15-17-33(35(39)42-14)38-36(40)44-37(10,11)12)34(45-46(26(3)4,27(5)6)28(7)8)29(9)43-24-30-19-22-32(41-13)23-20-30/h19-20,22-23,25-29,31,33-34H,15-18,21,24H2,1-14H3,(H,38,40)/t29-,31+,33-,34-/m0/s1. The molecule has 46 heavy (non-hydrogen) atoms. The van der Waals surface area contributed by atoms with Crippen LogP contribution in [0.15, 0.2) is 24.3 Å². The van der Waals surface area contributed by atoms with Crippen molar-refractivity contribution in [1.82, 2.24) is 5.32 Å². The van der Waals surface area contributed by atoms with Crippen LogP contribution in [0.25, 0.3) is 0 Å². The van der Waals surface area contributed by atoms with E-state index in [1.54, 1.807) is 27.9 Å². The van der Waals surface area contributed by atoms with Gasteiger partial charge in [0.2, 0.25) is 8.32 Å². The summed E-state index contributed by atoms with van der Waals surface area (Å²) in [6, 6.07) is 7.21. The Hall–Kier alpha value is -2.10. The molecule has 1 aromatic carbocycles. The Morgan fingerprint density at radius 2 is 1.37 bits per heavy atom. The lowest BCUT2D eigenvalue weighted by molar-refractivity contribution is -0.143. The van der Waals surface area contributed by atoms with Crippen LogP contribution in [0, 0.1) is 11.8 Å². The van der Waals surface area contributed by atoms with Crippen LogP contribution < -0.4 is 10.1 Å². The van der Waals surface area contributed by atoms with Crippen molar-refractivity contribution in [3.05, 3.63) is 29.8 Å². The highest BCUT2D eigenvalue weighted by molar-refractivity contribution is 6.77. The molecule has 0 unspecified atom stereocenters. The van der Waals surface area contributed by atoms with Gasteiger partial charge in [-0.2, -0.15) is 0 Å². The number of carbonyl (C=O) groups is 2. The SMILES string of the molecule is COC(=O)[C@H](CCC[C@H](CCC(C)C)[C@@H](O[Si](C(C)C)(C(C)C)C(C)C)[C@H](C)OCc1ccc(OC)cc1)NC(=O)OC(C)(C)C. The smallest absolute Gasteiger partial charge is 0.408 e. The van der Waals surface area contributed by atoms with E-state index >= 15 is 0 Å². The van der Waals surface area contributed by atoms with E-state index in [2.05, 4.69) is 67.6 Å². The molecule has 1 N–H and O–H groups in total. The normalized spacial score (nSPS) is 15.2. The molecule has 8 nitrogen and oxygen atoms in total. The van der Waals surface area contributed by atoms with Crippen molar-refractivity contribution in [1.29, 1.82) is 0 Å². The fourth-order valence-corrected chi connectivity index (χ4v) is 12.4. The third-order valence-electron chi connectivity index (χ3n) is 9.01. The number of hydrogen-bond donors (Lipinski definition) is 1. The van der Waals surface area contributed by atoms with Crippen LogP contribution in [0.4, 0.5) is 4.79 Å². The minimum atomic E-state index is -2.27. The summed E-state index contributed by atoms with van der Waals surface area (Å²) in [6.45, 7) is 26.4. The maximum atomic E-state index is 12.7. The van der Waals surface area contributed by atoms with Gasteiger partial charge in [-0.05, 0) is 93.1 Å². The Morgan fingerprint density at radius 3 is 1.83 bits per heavy atom. The van der Waals surface area contributed by atoms with E-state index in [4.69, 9.17) is 23.4 Å². The molecule has 0 bridgehead atoms. The van der Waals surface area contributed by atoms with Crippen LogP contribution >= 0.6 is 0 Å². The molecule has 0 spiro atoms. The first-order valence-corrected chi connectivity index (χ1v) is 19.5. The summed E-state index contributed by atoms with van der Waals surface area (Å²) in [5.41, 5.74) is 1.70. The molecular weight excluding hydrogens is 598 g/mol. The summed E-state index contributed by atoms with van der Waals surface area (Å²) in [6.07, 6.45) is 3.14. The van der Waals surface area contributed by atoms with Gasteiger partial charge in [-0.25, -0.2) is 9.59 Å². The minimum Gasteiger partial charge on any atom is -0.497 e. The maximum absolute atomic E-state index is 12.7. The molecule has 0 aliphatic rings. The lowest BCUT2D eigenvalue weighted by Gasteiger charge is -2.47. The van der Waals surface area contributed by atoms with Gasteiger partial charge in [-0.1, -0.05) is 80.4 Å². The van der Waals surface area contributed by atoms with Crippen molar-refractivity contribution in [2.24, 2.45) is 11.8 Å². The molecule has 4 atom stereocenters. The zero-order chi connectivity index (χ0) is 35.2. The molecule has 0 aliphatic carbocycles. The summed E-state index contributed by atoms with van der Waals surface area (Å²) < 4.78 is 30.0. The number of nitrogens with one attached hydrogen (secondary N) is 1. The fourth-order valence-electron chi connectivity index (χ4n) is 6.71. The zero-order valence-corrected chi connectivity index (χ0v) is 32.5. The van der Waals surface area contributed by atoms with E-state index in [0.717, 1.165) is 30.6 Å². The first-order chi connectivity index (χ1) is 21.4. The number of ether oxygens (including phenoxy) is 4. The third kappa shape index (κ3) is 13.6. The van der Waals surface area contributed by atoms with Gasteiger partial charge in [0.15, 0.2) is 0 Å². The molecular formula is C37H67NO7Si. The molecule has 9 heteroatoms. The number of hydrogen-bond acceptors (Lipinski definition) is 7. The van der Waals surface area contributed by atoms with Gasteiger partial charge in [0.1, 0.15) is 17.4 Å². The molecule has 0 saturated carbocycles. The van der Waals surface area contributed by atoms with Crippen molar-refractivity contribution in [3.8, 4) is 5.75 Å². The zero-order valence-electron chi connectivity index (χ0n) is 31.5. The van der Waals surface area contributed by atoms with Crippen LogP contribution in [0.1, 0.15) is 121 Å². The third-order valence-corrected chi connectivity index (χ3v) is 15.1. The van der Waals surface area contributed by atoms with Crippen LogP contribution in [-0.2, 0) is 30.0 Å². The summed E-state index contributed by atoms with van der Waals surface area (Å²) in [4.78, 5) is 25.2. The second kappa shape index (κ2) is 19.7. The average molecular weight is 666 g/mol. The van der Waals surface area contributed by atoms with E-state index in [9.17, 15) is 9.59 Å². The number of amides is 1. The molecule has 1 rings (SSSR count). The Balaban J connectivity index is 3.38. The molecule has 0 radical (unpaired) electrons. The van der Waals surface area contributed by atoms with Crippen molar-refractivity contribution in [3.63, 3.8) is 0 Å². The molecule has 0 aliphatic heterocycles. The molecule has 1 amide bonds. The largest absolute Gasteiger partial charge is 0.497 e. The maximum Gasteiger partial charge on any atom is 0.408 e. The highest BCUT2D eigenvalue weighted by Crippen LogP contribution is 2.45. The van der Waals surface area contributed by atoms with E-state index in [1.807, 2.05) is 24.3 Å². The fraction of sp³-hybridized carbons (Fsp3) is 0.784. The van der Waals surface area contributed by atoms with Crippen molar-refractivity contribution in [2.75, 3.05) is 14.2 Å². The van der Waals surface area contributed by atoms with Gasteiger partial charge in [0.25, 0.3) is 0 Å². The Kier molecular flexibility index (Phi) is 17.9. The Labute approximate surface area is 282 Å². The van der Waals surface area contributed by atoms with E-state index in [0.29, 0.717) is 42.0 Å². The molecule has 0 fully saturated rings. The van der Waals surface area contributed by atoms with Gasteiger partial charge in [0, 0.05) is 0 Å². The predicted octanol–water partition coefficient (Wildman–Crippen LogP) is 9.45. The number of alkyl carbamates (subject to hydrolysis) is 1. The number of esters is 1. The second-order valence-electron chi connectivity index (χ2n) is 15.1. The van der Waals surface area contributed by atoms with E-state index < -0.39 is 32.0 Å². The highest BCUT2D eigenvalue weighted by Gasteiger charge is 2.48. The van der Waals surface area contributed by atoms with E-state index in [1.165, 1.54) is 7.11 Å². The van der Waals surface area contributed by atoms with Crippen LogP contribution in [-0.4, -0.2) is 58.5 Å². The monoisotopic (exact) mass is 665 g/mol. The van der Waals surface area contributed by atoms with Crippen molar-refractivity contribution >= 4 is 20.4 Å². The number of carbonyl (C=O) groups excluding carboxylic acids is 2. The van der Waals surface area contributed by atoms with Crippen LogP contribution in [0.5, 0.6) is 5.75 Å². The Bertz CT molecular complexity index is 998. The summed E-state index contributed by atoms with van der Waals surface area (Å²) >= 11 is 0. The van der Waals surface area contributed by atoms with Crippen molar-refractivity contribution in [2.45, 2.75) is 162 Å². The number of methoxy groups -OCH3 is 2. The lowest BCUT2D eigenvalue weighted by atomic mass is 9.86. The quantitative estimate of drug-likeness (QED) is 0.110. The first kappa shape index (κ1) is 41.9. The highest BCUT2D eigenvalue weighted by atomic mass is 28.4. The average Bonchev–Trinajstić information content (AvgIpc) is 2.96. The van der Waals surface area contributed by atoms with Gasteiger partial charge in [-0.15, -0.1) is 0 Å².